The van der Waals surface area contributed by atoms with Gasteiger partial charge in [0.15, 0.2) is 0 Å². The Bertz CT molecular complexity index is 139. The van der Waals surface area contributed by atoms with E-state index < -0.39 is 18.3 Å². The fourth-order valence-corrected chi connectivity index (χ4v) is 1.62. The van der Waals surface area contributed by atoms with E-state index >= 15 is 0 Å². The van der Waals surface area contributed by atoms with Gasteiger partial charge in [0.25, 0.3) is 0 Å². The predicted molar refractivity (Wildman–Crippen MR) is 42.6 cm³/mol. The van der Waals surface area contributed by atoms with E-state index in [0.29, 0.717) is 6.42 Å². The number of hydrogen-bond donors (Lipinski definition) is 3. The minimum Gasteiger partial charge on any atom is -0.394 e. The molecule has 1 heterocycles. The topological polar surface area (TPSA) is 69.9 Å². The van der Waals surface area contributed by atoms with E-state index in [1.807, 2.05) is 6.92 Å². The van der Waals surface area contributed by atoms with E-state index in [1.165, 1.54) is 0 Å². The first kappa shape index (κ1) is 9.92. The fourth-order valence-electron chi connectivity index (χ4n) is 1.62. The summed E-state index contributed by atoms with van der Waals surface area (Å²) >= 11 is 0. The largest absolute Gasteiger partial charge is 0.394 e. The molecule has 0 amide bonds. The number of aliphatic hydroxyl groups excluding tert-OH is 3. The maximum absolute atomic E-state index is 9.55. The smallest absolute Gasteiger partial charge is 0.107 e. The normalized spacial score (nSPS) is 43.0. The number of rotatable bonds is 2. The molecule has 3 unspecified atom stereocenters. The van der Waals surface area contributed by atoms with Gasteiger partial charge in [-0.2, -0.15) is 0 Å². The molecule has 0 aromatic heterocycles. The van der Waals surface area contributed by atoms with Gasteiger partial charge in [-0.05, 0) is 6.42 Å². The van der Waals surface area contributed by atoms with E-state index in [0.717, 1.165) is 0 Å². The summed E-state index contributed by atoms with van der Waals surface area (Å²) in [4.78, 5) is 0. The zero-order chi connectivity index (χ0) is 9.14. The molecule has 3 N–H and O–H groups in total. The van der Waals surface area contributed by atoms with Crippen LogP contribution in [0.4, 0.5) is 0 Å². The molecular weight excluding hydrogens is 160 g/mol. The fraction of sp³-hybridized carbons (Fsp3) is 1.00. The molecule has 0 radical (unpaired) electrons. The van der Waals surface area contributed by atoms with Crippen molar-refractivity contribution >= 4 is 0 Å². The Kier molecular flexibility index (Phi) is 3.46. The Morgan fingerprint density at radius 2 is 2.08 bits per heavy atom. The van der Waals surface area contributed by atoms with Crippen LogP contribution in [0.3, 0.4) is 0 Å². The van der Waals surface area contributed by atoms with Crippen LogP contribution in [0.2, 0.25) is 0 Å². The van der Waals surface area contributed by atoms with Crippen LogP contribution in [-0.2, 0) is 4.74 Å². The van der Waals surface area contributed by atoms with Crippen LogP contribution in [0.25, 0.3) is 0 Å². The molecule has 0 aromatic rings. The van der Waals surface area contributed by atoms with Crippen molar-refractivity contribution < 1.29 is 20.1 Å². The first-order valence-electron chi connectivity index (χ1n) is 4.29. The van der Waals surface area contributed by atoms with Crippen molar-refractivity contribution in [3.8, 4) is 0 Å². The number of ether oxygens (including phenoxy) is 1. The monoisotopic (exact) mass is 176 g/mol. The quantitative estimate of drug-likeness (QED) is 0.511. The van der Waals surface area contributed by atoms with Crippen LogP contribution in [-0.4, -0.2) is 46.8 Å². The summed E-state index contributed by atoms with van der Waals surface area (Å²) in [6, 6.07) is 0. The molecule has 1 saturated heterocycles. The van der Waals surface area contributed by atoms with Crippen molar-refractivity contribution in [3.05, 3.63) is 0 Å². The predicted octanol–water partition coefficient (Wildman–Crippen LogP) is -0.875. The summed E-state index contributed by atoms with van der Waals surface area (Å²) in [6.45, 7) is 1.92. The molecule has 4 nitrogen and oxygen atoms in total. The maximum Gasteiger partial charge on any atom is 0.107 e. The Morgan fingerprint density at radius 3 is 2.58 bits per heavy atom. The second-order valence-electron chi connectivity index (χ2n) is 3.18. The maximum atomic E-state index is 9.55. The molecule has 0 aromatic carbocycles. The summed E-state index contributed by atoms with van der Waals surface area (Å²) < 4.78 is 5.03. The first-order chi connectivity index (χ1) is 5.70. The van der Waals surface area contributed by atoms with Gasteiger partial charge in [0.05, 0.1) is 25.4 Å². The van der Waals surface area contributed by atoms with Crippen LogP contribution >= 0.6 is 0 Å². The van der Waals surface area contributed by atoms with Gasteiger partial charge >= 0.3 is 0 Å². The second kappa shape index (κ2) is 4.18. The Morgan fingerprint density at radius 1 is 1.42 bits per heavy atom. The number of hydrogen-bond acceptors (Lipinski definition) is 4. The molecule has 4 atom stereocenters. The van der Waals surface area contributed by atoms with Gasteiger partial charge in [-0.15, -0.1) is 0 Å². The molecule has 1 fully saturated rings. The van der Waals surface area contributed by atoms with Gasteiger partial charge in [0.2, 0.25) is 0 Å². The lowest BCUT2D eigenvalue weighted by atomic mass is 9.88. The van der Waals surface area contributed by atoms with Gasteiger partial charge in [-0.25, -0.2) is 0 Å². The molecule has 1 aliphatic heterocycles. The molecule has 0 bridgehead atoms. The molecule has 0 aliphatic carbocycles. The molecule has 0 spiro atoms. The molecule has 72 valence electrons. The van der Waals surface area contributed by atoms with Gasteiger partial charge in [-0.3, -0.25) is 0 Å². The summed E-state index contributed by atoms with van der Waals surface area (Å²) in [6.07, 6.45) is -1.18. The molecule has 4 heteroatoms. The van der Waals surface area contributed by atoms with Crippen molar-refractivity contribution in [1.82, 2.24) is 0 Å². The highest BCUT2D eigenvalue weighted by molar-refractivity contribution is 4.85. The zero-order valence-corrected chi connectivity index (χ0v) is 7.18. The highest BCUT2D eigenvalue weighted by atomic mass is 16.5. The lowest BCUT2D eigenvalue weighted by Crippen LogP contribution is -2.50. The lowest BCUT2D eigenvalue weighted by molar-refractivity contribution is -0.170. The SMILES string of the molecule is CC[C@@H]1C(O)COC(CO)C1O. The average Bonchev–Trinajstić information content (AvgIpc) is 2.06. The van der Waals surface area contributed by atoms with Crippen molar-refractivity contribution in [1.29, 1.82) is 0 Å². The molecular formula is C8H16O4. The first-order valence-corrected chi connectivity index (χ1v) is 4.29. The van der Waals surface area contributed by atoms with Gasteiger partial charge in [0, 0.05) is 5.92 Å². The summed E-state index contributed by atoms with van der Waals surface area (Å²) in [7, 11) is 0. The van der Waals surface area contributed by atoms with E-state index in [9.17, 15) is 10.2 Å². The Labute approximate surface area is 71.8 Å². The number of aliphatic hydroxyl groups is 3. The minimum absolute atomic E-state index is 0.170. The summed E-state index contributed by atoms with van der Waals surface area (Å²) in [5, 5.41) is 27.7. The van der Waals surface area contributed by atoms with Crippen LogP contribution in [0.5, 0.6) is 0 Å². The van der Waals surface area contributed by atoms with Crippen molar-refractivity contribution in [3.63, 3.8) is 0 Å². The summed E-state index contributed by atoms with van der Waals surface area (Å²) in [5.41, 5.74) is 0. The Hall–Kier alpha value is -0.160. The van der Waals surface area contributed by atoms with Crippen molar-refractivity contribution in [2.45, 2.75) is 31.7 Å². The molecule has 0 saturated carbocycles. The second-order valence-corrected chi connectivity index (χ2v) is 3.18. The van der Waals surface area contributed by atoms with Crippen LogP contribution in [0.15, 0.2) is 0 Å². The third-order valence-electron chi connectivity index (χ3n) is 2.45. The van der Waals surface area contributed by atoms with Crippen LogP contribution in [0, 0.1) is 5.92 Å². The highest BCUT2D eigenvalue weighted by Gasteiger charge is 2.36. The average molecular weight is 176 g/mol. The zero-order valence-electron chi connectivity index (χ0n) is 7.18. The van der Waals surface area contributed by atoms with Gasteiger partial charge < -0.3 is 20.1 Å². The molecule has 1 aliphatic rings. The van der Waals surface area contributed by atoms with Crippen molar-refractivity contribution in [2.24, 2.45) is 5.92 Å². The highest BCUT2D eigenvalue weighted by Crippen LogP contribution is 2.23. The molecule has 12 heavy (non-hydrogen) atoms. The minimum atomic E-state index is -0.747. The van der Waals surface area contributed by atoms with Crippen LogP contribution < -0.4 is 0 Å². The van der Waals surface area contributed by atoms with E-state index in [4.69, 9.17) is 9.84 Å². The Balaban J connectivity index is 2.56. The lowest BCUT2D eigenvalue weighted by Gasteiger charge is -2.36. The molecule has 1 rings (SSSR count). The van der Waals surface area contributed by atoms with Gasteiger partial charge in [0.1, 0.15) is 6.10 Å². The van der Waals surface area contributed by atoms with Crippen LogP contribution in [0.1, 0.15) is 13.3 Å². The third kappa shape index (κ3) is 1.77. The van der Waals surface area contributed by atoms with Crippen molar-refractivity contribution in [2.75, 3.05) is 13.2 Å². The van der Waals surface area contributed by atoms with E-state index in [-0.39, 0.29) is 19.1 Å². The van der Waals surface area contributed by atoms with E-state index in [2.05, 4.69) is 0 Å². The van der Waals surface area contributed by atoms with E-state index in [1.54, 1.807) is 0 Å². The standard InChI is InChI=1S/C8H16O4/c1-2-5-6(10)4-12-7(3-9)8(5)11/h5-11H,2-4H2,1H3/t5-,6?,7?,8?/m1/s1. The van der Waals surface area contributed by atoms with Gasteiger partial charge in [-0.1, -0.05) is 6.92 Å². The third-order valence-corrected chi connectivity index (χ3v) is 2.45. The summed E-state index contributed by atoms with van der Waals surface area (Å²) in [5.74, 6) is -0.170.